The Balaban J connectivity index is 1.47. The van der Waals surface area contributed by atoms with Gasteiger partial charge in [0.25, 0.3) is 0 Å². The van der Waals surface area contributed by atoms with E-state index in [1.54, 1.807) is 12.1 Å². The minimum absolute atomic E-state index is 0.122. The molecule has 7 heteroatoms. The zero-order chi connectivity index (χ0) is 21.9. The molecule has 2 heterocycles. The van der Waals surface area contributed by atoms with Gasteiger partial charge in [-0.05, 0) is 55.5 Å². The van der Waals surface area contributed by atoms with Gasteiger partial charge in [0.2, 0.25) is 0 Å². The van der Waals surface area contributed by atoms with Gasteiger partial charge in [-0.1, -0.05) is 20.8 Å². The Labute approximate surface area is 180 Å². The molecule has 0 aromatic heterocycles. The Morgan fingerprint density at radius 3 is 2.17 bits per heavy atom. The molecule has 0 radical (unpaired) electrons. The van der Waals surface area contributed by atoms with E-state index >= 15 is 0 Å². The topological polar surface area (TPSA) is 81.5 Å². The van der Waals surface area contributed by atoms with Crippen molar-refractivity contribution >= 4 is 15.6 Å². The predicted octanol–water partition coefficient (Wildman–Crippen LogP) is 2.59. The van der Waals surface area contributed by atoms with Crippen LogP contribution in [0.1, 0.15) is 39.2 Å². The summed E-state index contributed by atoms with van der Waals surface area (Å²) in [7, 11) is -3.32. The molecule has 30 heavy (non-hydrogen) atoms. The number of Topliss-reactive ketones (excluding diaryl/α,β-unsaturated/α-hetero) is 1. The van der Waals surface area contributed by atoms with Crippen LogP contribution in [0.5, 0.6) is 0 Å². The minimum atomic E-state index is -3.32. The van der Waals surface area contributed by atoms with Crippen molar-refractivity contribution in [2.24, 2.45) is 17.3 Å². The van der Waals surface area contributed by atoms with Crippen LogP contribution in [-0.4, -0.2) is 69.0 Å². The molecule has 2 atom stereocenters. The molecule has 0 N–H and O–H groups in total. The molecule has 0 saturated carbocycles. The number of nitriles is 1. The number of hydrogen-bond acceptors (Lipinski definition) is 6. The van der Waals surface area contributed by atoms with E-state index in [0.29, 0.717) is 36.1 Å². The van der Waals surface area contributed by atoms with Crippen LogP contribution >= 0.6 is 0 Å². The average molecular weight is 432 g/mol. The molecule has 2 aliphatic rings. The standard InChI is InChI=1S/C23H33N3O3S/c1-23(2,3)22(27)17-26-15-19-11-20(16-26)14-25(13-19)9-4-10-30(28,29)21-7-5-18(12-24)6-8-21/h5-8,19-20H,4,9-11,13-17H2,1-3H3. The lowest BCUT2D eigenvalue weighted by molar-refractivity contribution is -0.128. The lowest BCUT2D eigenvalue weighted by atomic mass is 9.83. The third kappa shape index (κ3) is 5.90. The zero-order valence-electron chi connectivity index (χ0n) is 18.3. The van der Waals surface area contributed by atoms with Crippen LogP contribution in [-0.2, 0) is 14.6 Å². The molecule has 2 bridgehead atoms. The van der Waals surface area contributed by atoms with Gasteiger partial charge in [0.15, 0.2) is 15.6 Å². The number of hydrogen-bond donors (Lipinski definition) is 0. The van der Waals surface area contributed by atoms with Gasteiger partial charge in [-0.2, -0.15) is 5.26 Å². The highest BCUT2D eigenvalue weighted by molar-refractivity contribution is 7.91. The van der Waals surface area contributed by atoms with Gasteiger partial charge in [0.1, 0.15) is 0 Å². The van der Waals surface area contributed by atoms with Crippen molar-refractivity contribution in [1.29, 1.82) is 5.26 Å². The largest absolute Gasteiger partial charge is 0.303 e. The molecule has 1 aromatic rings. The third-order valence-corrected chi connectivity index (χ3v) is 7.98. The highest BCUT2D eigenvalue weighted by Crippen LogP contribution is 2.29. The van der Waals surface area contributed by atoms with E-state index in [4.69, 9.17) is 5.26 Å². The summed E-state index contributed by atoms with van der Waals surface area (Å²) in [5, 5.41) is 8.86. The van der Waals surface area contributed by atoms with Crippen molar-refractivity contribution < 1.29 is 13.2 Å². The smallest absolute Gasteiger partial charge is 0.178 e. The summed E-state index contributed by atoms with van der Waals surface area (Å²) >= 11 is 0. The number of carbonyl (C=O) groups is 1. The zero-order valence-corrected chi connectivity index (χ0v) is 19.1. The van der Waals surface area contributed by atoms with Crippen molar-refractivity contribution in [3.63, 3.8) is 0 Å². The summed E-state index contributed by atoms with van der Waals surface area (Å²) in [4.78, 5) is 17.4. The lowest BCUT2D eigenvalue weighted by Crippen LogP contribution is -2.54. The fraction of sp³-hybridized carbons (Fsp3) is 0.652. The molecule has 2 unspecified atom stereocenters. The average Bonchev–Trinajstić information content (AvgIpc) is 2.66. The van der Waals surface area contributed by atoms with E-state index < -0.39 is 9.84 Å². The number of ketones is 1. The number of nitrogens with zero attached hydrogens (tertiary/aromatic N) is 3. The van der Waals surface area contributed by atoms with E-state index in [1.807, 2.05) is 26.8 Å². The summed E-state index contributed by atoms with van der Waals surface area (Å²) in [6.45, 7) is 11.1. The predicted molar refractivity (Wildman–Crippen MR) is 117 cm³/mol. The van der Waals surface area contributed by atoms with Crippen molar-refractivity contribution in [1.82, 2.24) is 9.80 Å². The van der Waals surface area contributed by atoms with Gasteiger partial charge < -0.3 is 4.90 Å². The van der Waals surface area contributed by atoms with Crippen molar-refractivity contribution in [2.75, 3.05) is 45.0 Å². The van der Waals surface area contributed by atoms with Gasteiger partial charge in [0, 0.05) is 31.6 Å². The normalized spacial score (nSPS) is 23.1. The number of piperidine rings is 2. The van der Waals surface area contributed by atoms with Crippen LogP contribution in [0.25, 0.3) is 0 Å². The van der Waals surface area contributed by atoms with Gasteiger partial charge >= 0.3 is 0 Å². The minimum Gasteiger partial charge on any atom is -0.303 e. The van der Waals surface area contributed by atoms with Gasteiger partial charge in [0.05, 0.1) is 28.8 Å². The highest BCUT2D eigenvalue weighted by atomic mass is 32.2. The second-order valence-electron chi connectivity index (χ2n) is 9.90. The SMILES string of the molecule is CC(C)(C)C(=O)CN1CC2CC(CN(CCCS(=O)(=O)c3ccc(C#N)cc3)C2)C1. The first-order chi connectivity index (χ1) is 14.1. The van der Waals surface area contributed by atoms with Crippen LogP contribution in [0.4, 0.5) is 0 Å². The van der Waals surface area contributed by atoms with Gasteiger partial charge in [-0.15, -0.1) is 0 Å². The monoisotopic (exact) mass is 431 g/mol. The van der Waals surface area contributed by atoms with Crippen LogP contribution in [0.2, 0.25) is 0 Å². The second kappa shape index (κ2) is 9.17. The van der Waals surface area contributed by atoms with Gasteiger partial charge in [-0.25, -0.2) is 8.42 Å². The maximum Gasteiger partial charge on any atom is 0.178 e. The Morgan fingerprint density at radius 1 is 1.07 bits per heavy atom. The number of benzene rings is 1. The molecule has 2 fully saturated rings. The Hall–Kier alpha value is -1.75. The number of sulfone groups is 1. The molecule has 6 nitrogen and oxygen atoms in total. The molecule has 2 saturated heterocycles. The quantitative estimate of drug-likeness (QED) is 0.660. The Bertz CT molecular complexity index is 883. The first-order valence-electron chi connectivity index (χ1n) is 10.8. The summed E-state index contributed by atoms with van der Waals surface area (Å²) in [5.74, 6) is 1.53. The maximum absolute atomic E-state index is 12.6. The van der Waals surface area contributed by atoms with E-state index in [0.717, 1.165) is 32.7 Å². The summed E-state index contributed by atoms with van der Waals surface area (Å²) in [6.07, 6.45) is 1.81. The molecule has 0 spiro atoms. The molecule has 3 rings (SSSR count). The van der Waals surface area contributed by atoms with Crippen LogP contribution in [0.15, 0.2) is 29.2 Å². The molecule has 0 amide bonds. The van der Waals surface area contributed by atoms with Crippen molar-refractivity contribution in [3.8, 4) is 6.07 Å². The molecule has 2 aliphatic heterocycles. The van der Waals surface area contributed by atoms with E-state index in [9.17, 15) is 13.2 Å². The maximum atomic E-state index is 12.6. The molecule has 164 valence electrons. The number of rotatable bonds is 7. The van der Waals surface area contributed by atoms with Crippen LogP contribution in [0, 0.1) is 28.6 Å². The van der Waals surface area contributed by atoms with Crippen LogP contribution < -0.4 is 0 Å². The summed E-state index contributed by atoms with van der Waals surface area (Å²) in [5.41, 5.74) is 0.172. The molecular formula is C23H33N3O3S. The highest BCUT2D eigenvalue weighted by Gasteiger charge is 2.35. The number of likely N-dealkylation sites (tertiary alicyclic amines) is 2. The number of fused-ring (bicyclic) bond motifs is 2. The van der Waals surface area contributed by atoms with Crippen molar-refractivity contribution in [2.45, 2.75) is 38.5 Å². The fourth-order valence-electron chi connectivity index (χ4n) is 4.58. The Morgan fingerprint density at radius 2 is 1.63 bits per heavy atom. The third-order valence-electron chi connectivity index (χ3n) is 6.17. The van der Waals surface area contributed by atoms with Gasteiger partial charge in [-0.3, -0.25) is 9.69 Å². The first kappa shape index (κ1) is 22.9. The Kier molecular flexibility index (Phi) is 7.01. The van der Waals surface area contributed by atoms with E-state index in [2.05, 4.69) is 9.80 Å². The molecular weight excluding hydrogens is 398 g/mol. The molecule has 0 aliphatic carbocycles. The first-order valence-corrected chi connectivity index (χ1v) is 12.4. The lowest BCUT2D eigenvalue weighted by Gasteiger charge is -2.46. The molecule has 1 aromatic carbocycles. The summed E-state index contributed by atoms with van der Waals surface area (Å²) < 4.78 is 25.1. The van der Waals surface area contributed by atoms with E-state index in [-0.39, 0.29) is 16.1 Å². The second-order valence-corrected chi connectivity index (χ2v) is 12.0. The van der Waals surface area contributed by atoms with Crippen LogP contribution in [0.3, 0.4) is 0 Å². The van der Waals surface area contributed by atoms with Crippen molar-refractivity contribution in [3.05, 3.63) is 29.8 Å². The fourth-order valence-corrected chi connectivity index (χ4v) is 5.88. The number of carbonyl (C=O) groups excluding carboxylic acids is 1. The summed E-state index contributed by atoms with van der Waals surface area (Å²) in [6, 6.07) is 8.15. The van der Waals surface area contributed by atoms with E-state index in [1.165, 1.54) is 18.6 Å².